The summed E-state index contributed by atoms with van der Waals surface area (Å²) in [5, 5.41) is 14.2. The van der Waals surface area contributed by atoms with Gasteiger partial charge in [-0.3, -0.25) is 4.79 Å². The first-order valence-electron chi connectivity index (χ1n) is 8.77. The van der Waals surface area contributed by atoms with E-state index in [4.69, 9.17) is 0 Å². The summed E-state index contributed by atoms with van der Waals surface area (Å²) in [6, 6.07) is 11.8. The quantitative estimate of drug-likeness (QED) is 0.465. The zero-order valence-corrected chi connectivity index (χ0v) is 16.3. The van der Waals surface area contributed by atoms with Crippen molar-refractivity contribution in [2.24, 2.45) is 0 Å². The van der Waals surface area contributed by atoms with E-state index in [0.717, 1.165) is 17.9 Å². The first-order valence-corrected chi connectivity index (χ1v) is 9.65. The zero-order chi connectivity index (χ0) is 19.7. The van der Waals surface area contributed by atoms with Gasteiger partial charge in [0.15, 0.2) is 5.78 Å². The van der Waals surface area contributed by atoms with Crippen LogP contribution in [0.3, 0.4) is 0 Å². The van der Waals surface area contributed by atoms with Crippen LogP contribution in [0, 0.1) is 19.7 Å². The van der Waals surface area contributed by atoms with Crippen LogP contribution in [0.4, 0.5) is 4.39 Å². The molecule has 0 aliphatic heterocycles. The van der Waals surface area contributed by atoms with E-state index in [1.807, 2.05) is 31.4 Å². The van der Waals surface area contributed by atoms with Gasteiger partial charge in [0.05, 0.1) is 6.54 Å². The number of thiophene rings is 1. The average Bonchev–Trinajstić information content (AvgIpc) is 3.40. The molecule has 0 fully saturated rings. The van der Waals surface area contributed by atoms with E-state index in [2.05, 4.69) is 26.0 Å². The Hall–Kier alpha value is -3.13. The molecule has 4 aromatic rings. The molecule has 0 amide bonds. The third kappa shape index (κ3) is 3.63. The smallest absolute Gasteiger partial charge is 0.204 e. The number of nitrogens with zero attached hydrogens (tertiary/aromatic N) is 5. The molecule has 0 aliphatic rings. The summed E-state index contributed by atoms with van der Waals surface area (Å²) in [4.78, 5) is 15.3. The van der Waals surface area contributed by atoms with Gasteiger partial charge < -0.3 is 4.57 Å². The summed E-state index contributed by atoms with van der Waals surface area (Å²) in [7, 11) is 0. The molecular formula is C20H18FN5OS. The van der Waals surface area contributed by atoms with Crippen molar-refractivity contribution >= 4 is 17.1 Å². The van der Waals surface area contributed by atoms with E-state index < -0.39 is 0 Å². The van der Waals surface area contributed by atoms with Crippen LogP contribution in [-0.4, -0.2) is 30.6 Å². The van der Waals surface area contributed by atoms with Crippen LogP contribution >= 0.6 is 11.3 Å². The molecule has 0 saturated carbocycles. The van der Waals surface area contributed by atoms with Gasteiger partial charge in [-0.15, -0.1) is 21.5 Å². The maximum atomic E-state index is 13.1. The van der Waals surface area contributed by atoms with Crippen LogP contribution in [0.25, 0.3) is 11.4 Å². The third-order valence-electron chi connectivity index (χ3n) is 4.61. The van der Waals surface area contributed by atoms with Crippen LogP contribution in [0.2, 0.25) is 0 Å². The first-order chi connectivity index (χ1) is 13.5. The maximum absolute atomic E-state index is 13.1. The minimum Gasteiger partial charge on any atom is -0.343 e. The molecule has 1 aromatic carbocycles. The van der Waals surface area contributed by atoms with Crippen LogP contribution in [-0.2, 0) is 13.1 Å². The van der Waals surface area contributed by atoms with Gasteiger partial charge in [-0.25, -0.2) is 4.39 Å². The van der Waals surface area contributed by atoms with Gasteiger partial charge in [-0.1, -0.05) is 6.07 Å². The molecule has 0 bridgehead atoms. The van der Waals surface area contributed by atoms with Crippen LogP contribution in [0.1, 0.15) is 26.6 Å². The highest BCUT2D eigenvalue weighted by Gasteiger charge is 2.18. The van der Waals surface area contributed by atoms with Gasteiger partial charge >= 0.3 is 0 Å². The van der Waals surface area contributed by atoms with Crippen molar-refractivity contribution in [3.63, 3.8) is 0 Å². The molecule has 3 heterocycles. The number of hydrogen-bond donors (Lipinski definition) is 0. The van der Waals surface area contributed by atoms with E-state index in [-0.39, 0.29) is 18.1 Å². The lowest BCUT2D eigenvalue weighted by Crippen LogP contribution is -2.14. The Kier molecular flexibility index (Phi) is 4.87. The normalized spacial score (nSPS) is 11.1. The van der Waals surface area contributed by atoms with Gasteiger partial charge in [-0.05, 0) is 60.8 Å². The summed E-state index contributed by atoms with van der Waals surface area (Å²) in [5.41, 5.74) is 3.27. The highest BCUT2D eigenvalue weighted by molar-refractivity contribution is 7.09. The largest absolute Gasteiger partial charge is 0.343 e. The topological polar surface area (TPSA) is 65.6 Å². The standard InChI is InChI=1S/C20H18FN5OS/c1-13-10-18(14(2)25(13)11-17-4-3-9-28-17)19(27)12-26-23-20(22-24-26)15-5-7-16(21)8-6-15/h3-10H,11-12H2,1-2H3. The monoisotopic (exact) mass is 395 g/mol. The Bertz CT molecular complexity index is 1110. The molecule has 28 heavy (non-hydrogen) atoms. The number of hydrogen-bond acceptors (Lipinski definition) is 5. The number of halogens is 1. The molecule has 0 N–H and O–H groups in total. The van der Waals surface area contributed by atoms with Gasteiger partial charge in [0.1, 0.15) is 12.4 Å². The van der Waals surface area contributed by atoms with Gasteiger partial charge in [-0.2, -0.15) is 4.80 Å². The molecule has 0 saturated heterocycles. The van der Waals surface area contributed by atoms with Crippen LogP contribution in [0.5, 0.6) is 0 Å². The van der Waals surface area contributed by atoms with Crippen molar-refractivity contribution in [3.05, 3.63) is 75.5 Å². The van der Waals surface area contributed by atoms with Crippen LogP contribution < -0.4 is 0 Å². The number of aromatic nitrogens is 5. The van der Waals surface area contributed by atoms with Crippen molar-refractivity contribution in [1.29, 1.82) is 0 Å². The Morgan fingerprint density at radius 2 is 1.96 bits per heavy atom. The van der Waals surface area contributed by atoms with Gasteiger partial charge in [0.25, 0.3) is 0 Å². The van der Waals surface area contributed by atoms with Crippen molar-refractivity contribution in [2.75, 3.05) is 0 Å². The molecule has 0 radical (unpaired) electrons. The summed E-state index contributed by atoms with van der Waals surface area (Å²) in [6.45, 7) is 4.70. The third-order valence-corrected chi connectivity index (χ3v) is 5.47. The second-order valence-electron chi connectivity index (χ2n) is 6.52. The minimum absolute atomic E-state index is 0.00249. The lowest BCUT2D eigenvalue weighted by Gasteiger charge is -2.08. The number of Topliss-reactive ketones (excluding diaryl/α,β-unsaturated/α-hetero) is 1. The zero-order valence-electron chi connectivity index (χ0n) is 15.5. The maximum Gasteiger partial charge on any atom is 0.204 e. The second kappa shape index (κ2) is 7.47. The lowest BCUT2D eigenvalue weighted by molar-refractivity contribution is 0.0960. The Morgan fingerprint density at radius 1 is 1.18 bits per heavy atom. The van der Waals surface area contributed by atoms with Crippen molar-refractivity contribution in [3.8, 4) is 11.4 Å². The van der Waals surface area contributed by atoms with E-state index in [9.17, 15) is 9.18 Å². The fraction of sp³-hybridized carbons (Fsp3) is 0.200. The van der Waals surface area contributed by atoms with Crippen LogP contribution in [0.15, 0.2) is 47.8 Å². The fourth-order valence-corrected chi connectivity index (χ4v) is 3.82. The molecule has 0 atom stereocenters. The number of rotatable bonds is 6. The Balaban J connectivity index is 1.52. The van der Waals surface area contributed by atoms with Crippen molar-refractivity contribution in [1.82, 2.24) is 24.8 Å². The molecule has 4 rings (SSSR count). The number of aryl methyl sites for hydroxylation is 1. The predicted molar refractivity (Wildman–Crippen MR) is 105 cm³/mol. The molecule has 0 unspecified atom stereocenters. The average molecular weight is 395 g/mol. The SMILES string of the molecule is Cc1cc(C(=O)Cn2nnc(-c3ccc(F)cc3)n2)c(C)n1Cc1cccs1. The first kappa shape index (κ1) is 18.2. The highest BCUT2D eigenvalue weighted by atomic mass is 32.1. The summed E-state index contributed by atoms with van der Waals surface area (Å²) in [5.74, 6) is -0.0474. The molecule has 0 aliphatic carbocycles. The molecule has 0 spiro atoms. The fourth-order valence-electron chi connectivity index (χ4n) is 3.12. The van der Waals surface area contributed by atoms with E-state index in [1.54, 1.807) is 23.5 Å². The Labute approximate surface area is 165 Å². The molecular weight excluding hydrogens is 377 g/mol. The van der Waals surface area contributed by atoms with Crippen molar-refractivity contribution in [2.45, 2.75) is 26.9 Å². The van der Waals surface area contributed by atoms with E-state index >= 15 is 0 Å². The number of carbonyl (C=O) groups is 1. The van der Waals surface area contributed by atoms with E-state index in [1.165, 1.54) is 21.8 Å². The predicted octanol–water partition coefficient (Wildman–Crippen LogP) is 3.89. The van der Waals surface area contributed by atoms with Crippen molar-refractivity contribution < 1.29 is 9.18 Å². The number of benzene rings is 1. The molecule has 3 aromatic heterocycles. The molecule has 142 valence electrons. The highest BCUT2D eigenvalue weighted by Crippen LogP contribution is 2.20. The molecule has 6 nitrogen and oxygen atoms in total. The number of carbonyl (C=O) groups excluding carboxylic acids is 1. The summed E-state index contributed by atoms with van der Waals surface area (Å²) in [6.07, 6.45) is 0. The molecule has 8 heteroatoms. The summed E-state index contributed by atoms with van der Waals surface area (Å²) < 4.78 is 15.2. The number of tetrazole rings is 1. The second-order valence-corrected chi connectivity index (χ2v) is 7.56. The summed E-state index contributed by atoms with van der Waals surface area (Å²) >= 11 is 1.70. The Morgan fingerprint density at radius 3 is 2.68 bits per heavy atom. The van der Waals surface area contributed by atoms with E-state index in [0.29, 0.717) is 17.0 Å². The number of ketones is 1. The lowest BCUT2D eigenvalue weighted by atomic mass is 10.1. The minimum atomic E-state index is -0.329. The van der Waals surface area contributed by atoms with Gasteiger partial charge in [0, 0.05) is 27.4 Å². The van der Waals surface area contributed by atoms with Gasteiger partial charge in [0.2, 0.25) is 5.82 Å².